The second-order valence-corrected chi connectivity index (χ2v) is 17.0. The van der Waals surface area contributed by atoms with Gasteiger partial charge in [0.1, 0.15) is 18.0 Å². The molecule has 0 spiro atoms. The van der Waals surface area contributed by atoms with E-state index in [1.54, 1.807) is 61.5 Å². The number of esters is 1. The number of hydrogen-bond donors (Lipinski definition) is 8. The number of aliphatic imine (C=N–C) groups is 1. The highest BCUT2D eigenvalue weighted by molar-refractivity contribution is 8.08. The van der Waals surface area contributed by atoms with Crippen LogP contribution in [0.2, 0.25) is 0 Å². The second kappa shape index (κ2) is 27.2. The molecule has 0 saturated heterocycles. The Balaban J connectivity index is 0.795. The minimum absolute atomic E-state index is 0.0851. The van der Waals surface area contributed by atoms with E-state index in [2.05, 4.69) is 42.2 Å². The van der Waals surface area contributed by atoms with Gasteiger partial charge in [-0.15, -0.1) is 0 Å². The van der Waals surface area contributed by atoms with Gasteiger partial charge in [-0.2, -0.15) is 5.26 Å². The summed E-state index contributed by atoms with van der Waals surface area (Å²) >= 11 is 1.11. The molecule has 7 rings (SSSR count). The van der Waals surface area contributed by atoms with Gasteiger partial charge >= 0.3 is 18.0 Å². The Morgan fingerprint density at radius 3 is 1.97 bits per heavy atom. The van der Waals surface area contributed by atoms with Gasteiger partial charge in [0.2, 0.25) is 5.78 Å². The van der Waals surface area contributed by atoms with E-state index in [1.807, 2.05) is 48.5 Å². The largest absolute Gasteiger partial charge is 0.504 e. The summed E-state index contributed by atoms with van der Waals surface area (Å²) in [5, 5.41) is 40.1. The monoisotopic (exact) mass is 1020 g/mol. The van der Waals surface area contributed by atoms with Crippen molar-refractivity contribution in [3.63, 3.8) is 0 Å². The number of anilines is 5. The van der Waals surface area contributed by atoms with Crippen LogP contribution in [-0.2, 0) is 28.5 Å². The van der Waals surface area contributed by atoms with Gasteiger partial charge in [0.15, 0.2) is 11.5 Å². The fourth-order valence-electron chi connectivity index (χ4n) is 7.07. The maximum absolute atomic E-state index is 13.3. The Kier molecular flexibility index (Phi) is 19.5. The first-order chi connectivity index (χ1) is 36.0. The van der Waals surface area contributed by atoms with E-state index < -0.39 is 29.7 Å². The number of rotatable bonds is 24. The maximum Gasteiger partial charge on any atom is 0.344 e. The molecule has 382 valence electrons. The standard InChI is InChI=1S/C53H53N9O11S/c1-2-72-51(66)46-47(64)45(74-50(46)58-38-6-4-3-5-7-38)29-35-10-17-44(43(63)28-35)73-27-26-71-25-24-70-23-22-69-21-20-57-49(65)37-30-41(61-52(67)59-39-13-8-34(33-54)9-14-39)32-42(31-37)62-53(68)60-40-15-11-36(12-16-40)48-55-18-19-56-48/h3-17,28-32,58,63H,2,18-27H2,1H3,(H,55,56)(H,57,65)(H2,59,61,67)(H2,60,62,68)/b45-29-. The molecule has 0 aliphatic carbocycles. The predicted molar refractivity (Wildman–Crippen MR) is 281 cm³/mol. The Bertz CT molecular complexity index is 2940. The van der Waals surface area contributed by atoms with Crippen LogP contribution in [0.15, 0.2) is 136 Å². The van der Waals surface area contributed by atoms with Gasteiger partial charge in [-0.05, 0) is 110 Å². The molecule has 5 aromatic rings. The van der Waals surface area contributed by atoms with Crippen LogP contribution in [0, 0.1) is 11.3 Å². The SMILES string of the molecule is CCOC(=O)C1=C(Nc2ccccc2)S/C(=C\c2ccc(OCCOCCOCCOCCNC(=O)c3cc(NC(=O)Nc4ccc(C#N)cc4)cc(NC(=O)Nc4ccc(C5=NCCN5)cc4)c3)c(O)c2)C1=O. The molecule has 2 aliphatic rings. The van der Waals surface area contributed by atoms with E-state index in [1.165, 1.54) is 24.3 Å². The molecule has 2 aliphatic heterocycles. The predicted octanol–water partition coefficient (Wildman–Crippen LogP) is 7.30. The number of amidine groups is 1. The summed E-state index contributed by atoms with van der Waals surface area (Å²) in [4.78, 5) is 70.0. The Morgan fingerprint density at radius 1 is 0.743 bits per heavy atom. The zero-order chi connectivity index (χ0) is 52.1. The molecule has 21 heteroatoms. The molecule has 0 bridgehead atoms. The molecule has 2 heterocycles. The molecule has 0 aromatic heterocycles. The molecular weight excluding hydrogens is 971 g/mol. The summed E-state index contributed by atoms with van der Waals surface area (Å²) in [6.07, 6.45) is 1.58. The number of carbonyl (C=O) groups excluding carboxylic acids is 5. The molecule has 0 atom stereocenters. The van der Waals surface area contributed by atoms with E-state index in [0.29, 0.717) is 39.8 Å². The van der Waals surface area contributed by atoms with Gasteiger partial charge < -0.3 is 66.0 Å². The van der Waals surface area contributed by atoms with Crippen molar-refractivity contribution in [3.8, 4) is 17.6 Å². The number of Topliss-reactive ketones (excluding diaryl/α,β-unsaturated/α-hetero) is 1. The first-order valence-electron chi connectivity index (χ1n) is 23.4. The first-order valence-corrected chi connectivity index (χ1v) is 24.2. The molecule has 0 fully saturated rings. The zero-order valence-corrected chi connectivity index (χ0v) is 41.0. The number of urea groups is 2. The number of benzene rings is 5. The fourth-order valence-corrected chi connectivity index (χ4v) is 8.12. The van der Waals surface area contributed by atoms with E-state index >= 15 is 0 Å². The van der Waals surface area contributed by atoms with E-state index in [4.69, 9.17) is 28.9 Å². The zero-order valence-electron chi connectivity index (χ0n) is 40.2. The second-order valence-electron chi connectivity index (χ2n) is 15.9. The number of nitriles is 1. The van der Waals surface area contributed by atoms with Gasteiger partial charge in [0.05, 0.1) is 74.4 Å². The third-order valence-corrected chi connectivity index (χ3v) is 11.5. The van der Waals surface area contributed by atoms with Gasteiger partial charge in [-0.3, -0.25) is 14.6 Å². The number of phenolic OH excluding ortho intramolecular Hbond substituents is 1. The molecule has 74 heavy (non-hydrogen) atoms. The van der Waals surface area contributed by atoms with Crippen molar-refractivity contribution in [2.24, 2.45) is 4.99 Å². The number of allylic oxidation sites excluding steroid dienone is 1. The molecule has 5 aromatic carbocycles. The summed E-state index contributed by atoms with van der Waals surface area (Å²) in [5.41, 5.74) is 4.03. The quantitative estimate of drug-likeness (QED) is 0.0130. The summed E-state index contributed by atoms with van der Waals surface area (Å²) < 4.78 is 27.6. The highest BCUT2D eigenvalue weighted by Crippen LogP contribution is 2.41. The van der Waals surface area contributed by atoms with Gasteiger partial charge in [-0.1, -0.05) is 36.0 Å². The number of nitrogens with zero attached hydrogens (tertiary/aromatic N) is 2. The number of ether oxygens (including phenoxy) is 5. The lowest BCUT2D eigenvalue weighted by Gasteiger charge is -2.14. The van der Waals surface area contributed by atoms with Crippen molar-refractivity contribution >= 4 is 81.8 Å². The van der Waals surface area contributed by atoms with E-state index in [-0.39, 0.29) is 98.3 Å². The number of carbonyl (C=O) groups is 5. The minimum Gasteiger partial charge on any atom is -0.504 e. The number of aromatic hydroxyl groups is 1. The van der Waals surface area contributed by atoms with Crippen molar-refractivity contribution in [1.29, 1.82) is 5.26 Å². The Morgan fingerprint density at radius 2 is 1.36 bits per heavy atom. The van der Waals surface area contributed by atoms with Crippen LogP contribution in [0.1, 0.15) is 34.0 Å². The topological polar surface area (TPSA) is 272 Å². The normalized spacial score (nSPS) is 13.3. The van der Waals surface area contributed by atoms with Crippen LogP contribution >= 0.6 is 11.8 Å². The van der Waals surface area contributed by atoms with Gasteiger partial charge in [0, 0.05) is 52.7 Å². The molecule has 8 N–H and O–H groups in total. The summed E-state index contributed by atoms with van der Waals surface area (Å²) in [5.74, 6) is -0.810. The number of ketones is 1. The van der Waals surface area contributed by atoms with Crippen LogP contribution in [-0.4, -0.2) is 113 Å². The molecular formula is C53H53N9O11S. The third kappa shape index (κ3) is 15.9. The number of thioether (sulfide) groups is 1. The smallest absolute Gasteiger partial charge is 0.344 e. The fraction of sp³-hybridized carbons (Fsp3) is 0.226. The number of amides is 5. The van der Waals surface area contributed by atoms with E-state index in [9.17, 15) is 29.1 Å². The Labute approximate surface area is 430 Å². The highest BCUT2D eigenvalue weighted by atomic mass is 32.2. The maximum atomic E-state index is 13.3. The average molecular weight is 1020 g/mol. The van der Waals surface area contributed by atoms with Crippen LogP contribution in [0.25, 0.3) is 6.08 Å². The van der Waals surface area contributed by atoms with Crippen molar-refractivity contribution in [3.05, 3.63) is 153 Å². The molecule has 20 nitrogen and oxygen atoms in total. The van der Waals surface area contributed by atoms with Gasteiger partial charge in [0.25, 0.3) is 5.91 Å². The number of para-hydroxylation sites is 1. The summed E-state index contributed by atoms with van der Waals surface area (Å²) in [6, 6.07) is 32.6. The van der Waals surface area contributed by atoms with Crippen molar-refractivity contribution in [2.75, 3.05) is 99.1 Å². The van der Waals surface area contributed by atoms with Crippen LogP contribution < -0.4 is 42.0 Å². The molecule has 0 radical (unpaired) electrons. The van der Waals surface area contributed by atoms with E-state index in [0.717, 1.165) is 29.7 Å². The first kappa shape index (κ1) is 53.1. The van der Waals surface area contributed by atoms with Crippen molar-refractivity contribution < 1.29 is 52.8 Å². The van der Waals surface area contributed by atoms with Crippen molar-refractivity contribution in [1.82, 2.24) is 10.6 Å². The van der Waals surface area contributed by atoms with Crippen LogP contribution in [0.5, 0.6) is 11.5 Å². The van der Waals surface area contributed by atoms with Crippen LogP contribution in [0.4, 0.5) is 38.0 Å². The third-order valence-electron chi connectivity index (χ3n) is 10.5. The number of nitrogens with one attached hydrogen (secondary N) is 7. The lowest BCUT2D eigenvalue weighted by atomic mass is 10.1. The average Bonchev–Trinajstić information content (AvgIpc) is 4.04. The highest BCUT2D eigenvalue weighted by Gasteiger charge is 2.35. The lowest BCUT2D eigenvalue weighted by molar-refractivity contribution is -0.139. The van der Waals surface area contributed by atoms with Gasteiger partial charge in [-0.25, -0.2) is 14.4 Å². The minimum atomic E-state index is -0.719. The lowest BCUT2D eigenvalue weighted by Crippen LogP contribution is -2.28. The summed E-state index contributed by atoms with van der Waals surface area (Å²) in [7, 11) is 0. The summed E-state index contributed by atoms with van der Waals surface area (Å²) in [6.45, 7) is 5.01. The molecule has 5 amide bonds. The Hall–Kier alpha value is -8.68. The molecule has 0 saturated carbocycles. The number of hydrogen-bond acceptors (Lipinski definition) is 16. The van der Waals surface area contributed by atoms with Crippen molar-refractivity contribution in [2.45, 2.75) is 6.92 Å². The number of phenols is 1. The van der Waals surface area contributed by atoms with Crippen LogP contribution in [0.3, 0.4) is 0 Å². The molecule has 0 unspecified atom stereocenters.